The molecule has 1 aromatic carbocycles. The van der Waals surface area contributed by atoms with Crippen LogP contribution in [0.5, 0.6) is 0 Å². The molecule has 74 valence electrons. The van der Waals surface area contributed by atoms with E-state index in [1.165, 1.54) is 0 Å². The molecule has 2 aromatic rings. The van der Waals surface area contributed by atoms with Crippen molar-refractivity contribution in [2.24, 2.45) is 5.73 Å². The minimum Gasteiger partial charge on any atom is -0.369 e. The quantitative estimate of drug-likeness (QED) is 0.735. The summed E-state index contributed by atoms with van der Waals surface area (Å²) in [5.41, 5.74) is 8.63. The first-order chi connectivity index (χ1) is 7.25. The number of hydrogen-bond donors (Lipinski definition) is 1. The maximum atomic E-state index is 10.5. The van der Waals surface area contributed by atoms with Crippen LogP contribution in [0.1, 0.15) is 12.0 Å². The van der Waals surface area contributed by atoms with Gasteiger partial charge < -0.3 is 5.73 Å². The second-order valence-corrected chi connectivity index (χ2v) is 3.87. The predicted octanol–water partition coefficient (Wildman–Crippen LogP) is 1.52. The van der Waals surface area contributed by atoms with Gasteiger partial charge in [-0.25, -0.2) is 4.98 Å². The van der Waals surface area contributed by atoms with E-state index in [1.54, 1.807) is 16.8 Å². The maximum Gasteiger partial charge on any atom is 0.229 e. The van der Waals surface area contributed by atoms with Gasteiger partial charge in [0.25, 0.3) is 0 Å². The van der Waals surface area contributed by atoms with Crippen LogP contribution in [-0.4, -0.2) is 10.9 Å². The number of primary amides is 1. The largest absolute Gasteiger partial charge is 0.369 e. The number of nitrogens with zero attached hydrogens (tertiary/aromatic N) is 1. The predicted molar refractivity (Wildman–Crippen MR) is 60.3 cm³/mol. The monoisotopic (exact) mass is 216 g/mol. The van der Waals surface area contributed by atoms with Gasteiger partial charge in [-0.05, 0) is 18.2 Å². The summed E-state index contributed by atoms with van der Waals surface area (Å²) in [4.78, 5) is 14.6. The Labute approximate surface area is 90.9 Å². The summed E-state index contributed by atoms with van der Waals surface area (Å²) in [5.74, 6) is 5.20. The third-order valence-electron chi connectivity index (χ3n) is 1.83. The Morgan fingerprint density at radius 3 is 3.20 bits per heavy atom. The molecule has 0 aliphatic heterocycles. The Hall–Kier alpha value is -1.86. The molecule has 3 nitrogen and oxygen atoms in total. The van der Waals surface area contributed by atoms with E-state index >= 15 is 0 Å². The van der Waals surface area contributed by atoms with Crippen molar-refractivity contribution in [3.63, 3.8) is 0 Å². The average Bonchev–Trinajstić information content (AvgIpc) is 2.64. The molecule has 1 aromatic heterocycles. The second kappa shape index (κ2) is 4.11. The maximum absolute atomic E-state index is 10.5. The molecule has 0 saturated heterocycles. The SMILES string of the molecule is NC(=O)CC#Cc1ccc2ncsc2c1. The molecule has 0 saturated carbocycles. The minimum absolute atomic E-state index is 0.0979. The molecule has 0 atom stereocenters. The highest BCUT2D eigenvalue weighted by atomic mass is 32.1. The molecule has 0 bridgehead atoms. The van der Waals surface area contributed by atoms with Crippen molar-refractivity contribution in [3.05, 3.63) is 29.3 Å². The molecule has 1 amide bonds. The topological polar surface area (TPSA) is 56.0 Å². The number of benzene rings is 1. The number of amides is 1. The zero-order valence-electron chi connectivity index (χ0n) is 7.86. The summed E-state index contributed by atoms with van der Waals surface area (Å²) in [7, 11) is 0. The number of nitrogens with two attached hydrogens (primary N) is 1. The first-order valence-corrected chi connectivity index (χ1v) is 5.24. The first kappa shape index (κ1) is 9.69. The number of fused-ring (bicyclic) bond motifs is 1. The van der Waals surface area contributed by atoms with Gasteiger partial charge in [-0.2, -0.15) is 0 Å². The van der Waals surface area contributed by atoms with E-state index in [4.69, 9.17) is 5.73 Å². The third kappa shape index (κ3) is 2.33. The van der Waals surface area contributed by atoms with Crippen LogP contribution in [0, 0.1) is 11.8 Å². The number of carbonyl (C=O) groups excluding carboxylic acids is 1. The molecule has 0 fully saturated rings. The van der Waals surface area contributed by atoms with Crippen LogP contribution >= 0.6 is 11.3 Å². The molecule has 2 N–H and O–H groups in total. The van der Waals surface area contributed by atoms with Crippen molar-refractivity contribution in [2.45, 2.75) is 6.42 Å². The number of thiazole rings is 1. The Morgan fingerprint density at radius 1 is 1.53 bits per heavy atom. The van der Waals surface area contributed by atoms with Gasteiger partial charge in [-0.15, -0.1) is 11.3 Å². The molecule has 15 heavy (non-hydrogen) atoms. The number of hydrogen-bond acceptors (Lipinski definition) is 3. The van der Waals surface area contributed by atoms with Gasteiger partial charge in [-0.3, -0.25) is 4.79 Å². The van der Waals surface area contributed by atoms with Gasteiger partial charge in [0.05, 0.1) is 22.1 Å². The lowest BCUT2D eigenvalue weighted by molar-refractivity contribution is -0.117. The van der Waals surface area contributed by atoms with Crippen molar-refractivity contribution in [2.75, 3.05) is 0 Å². The second-order valence-electron chi connectivity index (χ2n) is 2.98. The van der Waals surface area contributed by atoms with Crippen molar-refractivity contribution in [1.29, 1.82) is 0 Å². The van der Waals surface area contributed by atoms with Crippen LogP contribution in [-0.2, 0) is 4.79 Å². The van der Waals surface area contributed by atoms with Crippen LogP contribution in [0.4, 0.5) is 0 Å². The number of carbonyl (C=O) groups is 1. The van der Waals surface area contributed by atoms with E-state index < -0.39 is 5.91 Å². The number of rotatable bonds is 1. The zero-order chi connectivity index (χ0) is 10.7. The van der Waals surface area contributed by atoms with E-state index in [2.05, 4.69) is 16.8 Å². The molecule has 0 radical (unpaired) electrons. The van der Waals surface area contributed by atoms with Gasteiger partial charge in [0.1, 0.15) is 0 Å². The standard InChI is InChI=1S/C11H8N2OS/c12-11(14)3-1-2-8-4-5-9-10(6-8)15-7-13-9/h4-7H,3H2,(H2,12,14). The van der Waals surface area contributed by atoms with Crippen molar-refractivity contribution in [3.8, 4) is 11.8 Å². The molecule has 1 heterocycles. The van der Waals surface area contributed by atoms with Gasteiger partial charge in [0, 0.05) is 5.56 Å². The summed E-state index contributed by atoms with van der Waals surface area (Å²) in [6.45, 7) is 0. The van der Waals surface area contributed by atoms with Gasteiger partial charge in [0.2, 0.25) is 5.91 Å². The van der Waals surface area contributed by atoms with Gasteiger partial charge in [0.15, 0.2) is 0 Å². The Morgan fingerprint density at radius 2 is 2.40 bits per heavy atom. The van der Waals surface area contributed by atoms with Gasteiger partial charge >= 0.3 is 0 Å². The average molecular weight is 216 g/mol. The summed E-state index contributed by atoms with van der Waals surface area (Å²) < 4.78 is 1.10. The molecule has 0 aliphatic carbocycles. The first-order valence-electron chi connectivity index (χ1n) is 4.36. The summed E-state index contributed by atoms with van der Waals surface area (Å²) in [6, 6.07) is 5.76. The fraction of sp³-hybridized carbons (Fsp3) is 0.0909. The molecule has 2 rings (SSSR count). The smallest absolute Gasteiger partial charge is 0.229 e. The van der Waals surface area contributed by atoms with Crippen LogP contribution < -0.4 is 5.73 Å². The molecule has 0 spiro atoms. The van der Waals surface area contributed by atoms with Crippen LogP contribution in [0.3, 0.4) is 0 Å². The molecule has 0 aliphatic rings. The van der Waals surface area contributed by atoms with E-state index in [9.17, 15) is 4.79 Å². The van der Waals surface area contributed by atoms with Crippen LogP contribution in [0.15, 0.2) is 23.7 Å². The fourth-order valence-electron chi connectivity index (χ4n) is 1.17. The summed E-state index contributed by atoms with van der Waals surface area (Å²) in [5, 5.41) is 0. The highest BCUT2D eigenvalue weighted by Gasteiger charge is 1.96. The van der Waals surface area contributed by atoms with E-state index in [0.717, 1.165) is 15.8 Å². The van der Waals surface area contributed by atoms with Crippen LogP contribution in [0.25, 0.3) is 10.2 Å². The Balaban J connectivity index is 2.27. The van der Waals surface area contributed by atoms with E-state index in [-0.39, 0.29) is 6.42 Å². The minimum atomic E-state index is -0.402. The molecular formula is C11H8N2OS. The highest BCUT2D eigenvalue weighted by molar-refractivity contribution is 7.16. The Bertz CT molecular complexity index is 562. The lowest BCUT2D eigenvalue weighted by atomic mass is 10.2. The van der Waals surface area contributed by atoms with Crippen LogP contribution in [0.2, 0.25) is 0 Å². The lowest BCUT2D eigenvalue weighted by Gasteiger charge is -1.89. The lowest BCUT2D eigenvalue weighted by Crippen LogP contribution is -2.08. The zero-order valence-corrected chi connectivity index (χ0v) is 8.67. The van der Waals surface area contributed by atoms with Crippen molar-refractivity contribution >= 4 is 27.5 Å². The van der Waals surface area contributed by atoms with E-state index in [1.807, 2.05) is 18.2 Å². The highest BCUT2D eigenvalue weighted by Crippen LogP contribution is 2.18. The summed E-state index contributed by atoms with van der Waals surface area (Å²) in [6.07, 6.45) is 0.0979. The van der Waals surface area contributed by atoms with E-state index in [0.29, 0.717) is 0 Å². The third-order valence-corrected chi connectivity index (χ3v) is 2.62. The molecule has 0 unspecified atom stereocenters. The van der Waals surface area contributed by atoms with Crippen molar-refractivity contribution in [1.82, 2.24) is 4.98 Å². The summed E-state index contributed by atoms with van der Waals surface area (Å²) >= 11 is 1.57. The fourth-order valence-corrected chi connectivity index (χ4v) is 1.88. The Kier molecular flexibility index (Phi) is 2.66. The van der Waals surface area contributed by atoms with Gasteiger partial charge in [-0.1, -0.05) is 11.8 Å². The normalized spacial score (nSPS) is 9.60. The number of aromatic nitrogens is 1. The molecule has 4 heteroatoms. The molecular weight excluding hydrogens is 208 g/mol. The van der Waals surface area contributed by atoms with Crippen molar-refractivity contribution < 1.29 is 4.79 Å².